The molecule has 0 amide bonds. The van der Waals surface area contributed by atoms with Crippen LogP contribution in [-0.2, 0) is 23.6 Å². The van der Waals surface area contributed by atoms with Gasteiger partial charge in [-0.15, -0.1) is 0 Å². The number of hydrogen-bond donors (Lipinski definition) is 1. The molecule has 0 fully saturated rings. The summed E-state index contributed by atoms with van der Waals surface area (Å²) in [5.74, 6) is 0. The van der Waals surface area contributed by atoms with Crippen molar-refractivity contribution in [2.45, 2.75) is 51.0 Å². The van der Waals surface area contributed by atoms with E-state index < -0.39 is 16.3 Å². The Morgan fingerprint density at radius 1 is 1.05 bits per heavy atom. The third-order valence-corrected chi connectivity index (χ3v) is 4.49. The Kier molecular flexibility index (Phi) is 3.60. The number of nitrogens with two attached hydrogens (primary N) is 1. The minimum absolute atomic E-state index is 0.478. The number of hydrogen-bond acceptors (Lipinski definition) is 6. The molecular formula is C13H17ClN2O4. The van der Waals surface area contributed by atoms with Gasteiger partial charge in [0.25, 0.3) is 0 Å². The van der Waals surface area contributed by atoms with E-state index in [0.717, 1.165) is 55.5 Å². The molecule has 2 aliphatic rings. The smallest absolute Gasteiger partial charge is 0.242 e. The van der Waals surface area contributed by atoms with Crippen molar-refractivity contribution in [1.82, 2.24) is 4.98 Å². The highest BCUT2D eigenvalue weighted by molar-refractivity contribution is 5.59. The van der Waals surface area contributed by atoms with E-state index in [9.17, 15) is 14.0 Å². The number of nitrogen functional groups attached to an aromatic ring is 1. The second kappa shape index (κ2) is 5.13. The molecule has 0 spiro atoms. The number of aryl methyl sites for hydroxylation is 2. The molecule has 1 aromatic heterocycles. The maximum atomic E-state index is 10.8. The highest BCUT2D eigenvalue weighted by Crippen LogP contribution is 2.40. The van der Waals surface area contributed by atoms with Gasteiger partial charge in [0.2, 0.25) is 6.10 Å². The molecule has 3 rings (SSSR count). The number of rotatable bonds is 2. The zero-order valence-corrected chi connectivity index (χ0v) is 11.8. The summed E-state index contributed by atoms with van der Waals surface area (Å²) in [6, 6.07) is 0. The molecule has 6 nitrogen and oxygen atoms in total. The molecule has 1 unspecified atom stereocenters. The molecule has 1 heterocycles. The predicted octanol–water partition coefficient (Wildman–Crippen LogP) is -1.17. The molecule has 0 saturated heterocycles. The highest BCUT2D eigenvalue weighted by Gasteiger charge is 2.37. The fraction of sp³-hybridized carbons (Fsp3) is 0.615. The summed E-state index contributed by atoms with van der Waals surface area (Å²) in [5.41, 5.74) is 10.2. The van der Waals surface area contributed by atoms with Crippen LogP contribution in [0.5, 0.6) is 0 Å². The molecule has 1 atom stereocenters. The van der Waals surface area contributed by atoms with Gasteiger partial charge in [-0.2, -0.15) is 14.0 Å². The topological polar surface area (TPSA) is 117 Å². The van der Waals surface area contributed by atoms with Crippen molar-refractivity contribution in [3.05, 3.63) is 22.5 Å². The van der Waals surface area contributed by atoms with E-state index in [-0.39, 0.29) is 0 Å². The lowest BCUT2D eigenvalue weighted by atomic mass is 9.86. The van der Waals surface area contributed by atoms with Gasteiger partial charge in [-0.1, -0.05) is 0 Å². The zero-order chi connectivity index (χ0) is 14.3. The van der Waals surface area contributed by atoms with E-state index in [0.29, 0.717) is 17.7 Å². The Bertz CT molecular complexity index is 530. The Morgan fingerprint density at radius 2 is 1.75 bits per heavy atom. The van der Waals surface area contributed by atoms with Crippen LogP contribution in [0.2, 0.25) is 0 Å². The van der Waals surface area contributed by atoms with Gasteiger partial charge in [0.15, 0.2) is 0 Å². The summed E-state index contributed by atoms with van der Waals surface area (Å²) in [5, 5.41) is 0. The van der Waals surface area contributed by atoms with Gasteiger partial charge in [-0.3, -0.25) is 4.98 Å². The van der Waals surface area contributed by atoms with Crippen LogP contribution in [0, 0.1) is 10.2 Å². The van der Waals surface area contributed by atoms with Crippen LogP contribution in [-0.4, -0.2) is 4.98 Å². The first-order valence-corrected chi connectivity index (χ1v) is 8.08. The fourth-order valence-corrected chi connectivity index (χ4v) is 3.66. The summed E-state index contributed by atoms with van der Waals surface area (Å²) in [6.07, 6.45) is 5.12. The quantitative estimate of drug-likeness (QED) is 0.735. The van der Waals surface area contributed by atoms with Gasteiger partial charge < -0.3 is 5.73 Å². The van der Waals surface area contributed by atoms with E-state index in [2.05, 4.69) is 9.27 Å². The van der Waals surface area contributed by atoms with Crippen molar-refractivity contribution in [1.29, 1.82) is 0 Å². The van der Waals surface area contributed by atoms with Crippen molar-refractivity contribution in [2.75, 3.05) is 5.73 Å². The third kappa shape index (κ3) is 2.62. The van der Waals surface area contributed by atoms with Crippen LogP contribution >= 0.6 is 0 Å². The molecule has 0 aliphatic heterocycles. The van der Waals surface area contributed by atoms with Crippen molar-refractivity contribution in [3.63, 3.8) is 0 Å². The van der Waals surface area contributed by atoms with Gasteiger partial charge in [-0.05, 0) is 50.5 Å². The van der Waals surface area contributed by atoms with Crippen molar-refractivity contribution >= 4 is 5.69 Å². The molecule has 7 heteroatoms. The summed E-state index contributed by atoms with van der Waals surface area (Å²) in [4.78, 5) is 4.63. The van der Waals surface area contributed by atoms with Crippen LogP contribution in [0.15, 0.2) is 0 Å². The number of anilines is 1. The first-order chi connectivity index (χ1) is 9.46. The number of halogens is 1. The molecular weight excluding hydrogens is 284 g/mol. The Balaban J connectivity index is 2.04. The van der Waals surface area contributed by atoms with E-state index in [1.54, 1.807) is 0 Å². The minimum Gasteiger partial charge on any atom is -0.398 e. The lowest BCUT2D eigenvalue weighted by molar-refractivity contribution is -1.92. The largest absolute Gasteiger partial charge is 0.398 e. The van der Waals surface area contributed by atoms with Crippen LogP contribution in [0.3, 0.4) is 0 Å². The van der Waals surface area contributed by atoms with E-state index in [1.807, 2.05) is 0 Å². The zero-order valence-electron chi connectivity index (χ0n) is 11.1. The van der Waals surface area contributed by atoms with Gasteiger partial charge >= 0.3 is 0 Å². The summed E-state index contributed by atoms with van der Waals surface area (Å²) < 4.78 is 37.2. The van der Waals surface area contributed by atoms with Crippen molar-refractivity contribution in [2.24, 2.45) is 0 Å². The molecule has 1 aromatic rings. The van der Waals surface area contributed by atoms with E-state index in [1.165, 1.54) is 0 Å². The minimum atomic E-state index is -4.45. The molecule has 0 aromatic carbocycles. The number of nitrogens with zero attached hydrogens (tertiary/aromatic N) is 1. The average molecular weight is 301 g/mol. The molecule has 2 aliphatic carbocycles. The Morgan fingerprint density at radius 3 is 2.50 bits per heavy atom. The predicted molar refractivity (Wildman–Crippen MR) is 62.1 cm³/mol. The van der Waals surface area contributed by atoms with Crippen molar-refractivity contribution in [3.8, 4) is 0 Å². The summed E-state index contributed by atoms with van der Waals surface area (Å²) in [6.45, 7) is 0. The van der Waals surface area contributed by atoms with Crippen LogP contribution in [0.1, 0.15) is 54.3 Å². The molecule has 2 N–H and O–H groups in total. The first kappa shape index (κ1) is 14.0. The third-order valence-electron chi connectivity index (χ3n) is 4.05. The monoisotopic (exact) mass is 300 g/mol. The molecule has 20 heavy (non-hydrogen) atoms. The maximum absolute atomic E-state index is 10.8. The second-order valence-corrected chi connectivity index (χ2v) is 6.30. The van der Waals surface area contributed by atoms with Gasteiger partial charge in [0.05, 0.1) is 14.5 Å². The van der Waals surface area contributed by atoms with Crippen LogP contribution in [0.4, 0.5) is 5.69 Å². The molecule has 0 radical (unpaired) electrons. The summed E-state index contributed by atoms with van der Waals surface area (Å²) >= 11 is 0. The molecule has 0 bridgehead atoms. The molecule has 0 saturated carbocycles. The van der Waals surface area contributed by atoms with Crippen LogP contribution < -0.4 is 19.7 Å². The van der Waals surface area contributed by atoms with Gasteiger partial charge in [-0.25, -0.2) is 0 Å². The van der Waals surface area contributed by atoms with Crippen molar-refractivity contribution < 1.29 is 28.5 Å². The number of fused-ring (bicyclic) bond motifs is 2. The fourth-order valence-electron chi connectivity index (χ4n) is 3.21. The van der Waals surface area contributed by atoms with Gasteiger partial charge in [0, 0.05) is 22.6 Å². The number of aromatic nitrogens is 1. The summed E-state index contributed by atoms with van der Waals surface area (Å²) in [7, 11) is -4.45. The standard InChI is InChI=1S/C13H17ClN2O4/c15-13-8-4-1-2-5-9(8)16-10-6-3-7-11(12(10)13)20-14(17,18)19/h11H,1-7H2,(H2,15,16). The second-order valence-electron chi connectivity index (χ2n) is 5.37. The van der Waals surface area contributed by atoms with E-state index in [4.69, 9.17) is 5.73 Å². The van der Waals surface area contributed by atoms with E-state index >= 15 is 0 Å². The SMILES string of the molecule is Nc1c2c(nc3c1C(O[Cl+3]([O-])([O-])[O-])CCC3)CCCC2. The Hall–Kier alpha value is -0.920. The average Bonchev–Trinajstić information content (AvgIpc) is 2.37. The first-order valence-electron chi connectivity index (χ1n) is 6.85. The lowest BCUT2D eigenvalue weighted by Gasteiger charge is -2.28. The normalized spacial score (nSPS) is 22.2. The molecule has 110 valence electrons. The van der Waals surface area contributed by atoms with Gasteiger partial charge in [0.1, 0.15) is 0 Å². The Labute approximate surface area is 119 Å². The lowest BCUT2D eigenvalue weighted by Crippen LogP contribution is -2.61. The maximum Gasteiger partial charge on any atom is 0.242 e. The highest BCUT2D eigenvalue weighted by atomic mass is 35.7. The van der Waals surface area contributed by atoms with Crippen LogP contribution in [0.25, 0.3) is 0 Å². The number of pyridine rings is 1.